The van der Waals surface area contributed by atoms with E-state index in [2.05, 4.69) is 159 Å². The van der Waals surface area contributed by atoms with Crippen molar-refractivity contribution in [1.29, 1.82) is 0 Å². The lowest BCUT2D eigenvalue weighted by molar-refractivity contribution is 0.661. The van der Waals surface area contributed by atoms with E-state index in [9.17, 15) is 0 Å². The highest BCUT2D eigenvalue weighted by Crippen LogP contribution is 2.50. The maximum absolute atomic E-state index is 5.40. The summed E-state index contributed by atoms with van der Waals surface area (Å²) in [5.74, 6) is 1.94. The second kappa shape index (κ2) is 14.8. The van der Waals surface area contributed by atoms with E-state index in [4.69, 9.17) is 19.9 Å². The average molecular weight is 781 g/mol. The Morgan fingerprint density at radius 2 is 0.754 bits per heavy atom. The van der Waals surface area contributed by atoms with E-state index in [1.807, 2.05) is 60.7 Å². The fourth-order valence-electron chi connectivity index (χ4n) is 8.89. The molecule has 0 bridgehead atoms. The third-order valence-electron chi connectivity index (χ3n) is 12.1. The van der Waals surface area contributed by atoms with E-state index in [1.165, 1.54) is 33.4 Å². The van der Waals surface area contributed by atoms with Gasteiger partial charge >= 0.3 is 0 Å². The van der Waals surface area contributed by atoms with Crippen LogP contribution in [0.1, 0.15) is 25.0 Å². The van der Waals surface area contributed by atoms with Crippen LogP contribution in [-0.4, -0.2) is 19.9 Å². The second-order valence-corrected chi connectivity index (χ2v) is 16.3. The number of aromatic nitrogens is 4. The topological polar surface area (TPSA) is 51.6 Å². The van der Waals surface area contributed by atoms with E-state index in [0.29, 0.717) is 17.5 Å². The molecule has 4 heteroatoms. The number of benzene rings is 8. The van der Waals surface area contributed by atoms with Crippen molar-refractivity contribution in [2.45, 2.75) is 19.3 Å². The van der Waals surface area contributed by atoms with Gasteiger partial charge in [-0.2, -0.15) is 0 Å². The van der Waals surface area contributed by atoms with Crippen molar-refractivity contribution in [3.63, 3.8) is 0 Å². The molecular formula is C57H40N4. The maximum atomic E-state index is 5.40. The summed E-state index contributed by atoms with van der Waals surface area (Å²) in [6.45, 7) is 4.66. The highest BCUT2D eigenvalue weighted by Gasteiger charge is 2.35. The number of hydrogen-bond donors (Lipinski definition) is 0. The largest absolute Gasteiger partial charge is 0.248 e. The van der Waals surface area contributed by atoms with Crippen molar-refractivity contribution in [2.24, 2.45) is 0 Å². The van der Waals surface area contributed by atoms with Crippen LogP contribution in [0.2, 0.25) is 0 Å². The molecule has 0 amide bonds. The SMILES string of the molecule is CC1(C)c2ccccc2-c2cc3c(-c4ccc(-c5ccc(-c6nc(-c7ccccc7)nc(-c7ccccc7)n6)cc5)cc4)cc(-c4cccc(-c5ccccc5)c4)nc3cc21. The van der Waals surface area contributed by atoms with Gasteiger partial charge in [0.05, 0.1) is 11.2 Å². The predicted octanol–water partition coefficient (Wildman–Crippen LogP) is 14.4. The molecule has 4 nitrogen and oxygen atoms in total. The van der Waals surface area contributed by atoms with E-state index in [-0.39, 0.29) is 5.41 Å². The van der Waals surface area contributed by atoms with Gasteiger partial charge in [-0.25, -0.2) is 19.9 Å². The summed E-state index contributed by atoms with van der Waals surface area (Å²) >= 11 is 0. The first kappa shape index (κ1) is 36.3. The number of nitrogens with zero attached hydrogens (tertiary/aromatic N) is 4. The minimum atomic E-state index is -0.125. The van der Waals surface area contributed by atoms with Crippen molar-refractivity contribution < 1.29 is 0 Å². The number of rotatable bonds is 7. The lowest BCUT2D eigenvalue weighted by Crippen LogP contribution is -2.14. The molecule has 288 valence electrons. The van der Waals surface area contributed by atoms with Crippen molar-refractivity contribution in [1.82, 2.24) is 19.9 Å². The van der Waals surface area contributed by atoms with Gasteiger partial charge < -0.3 is 0 Å². The van der Waals surface area contributed by atoms with Gasteiger partial charge in [-0.05, 0) is 79.9 Å². The van der Waals surface area contributed by atoms with Gasteiger partial charge in [0.25, 0.3) is 0 Å². The van der Waals surface area contributed by atoms with Crippen LogP contribution in [0.15, 0.2) is 206 Å². The standard InChI is InChI=1S/C57H40N4/c1-57(2)50-24-13-12-23-46(50)48-34-49-47(35-52(58-53(49)36-51(48)57)45-22-14-21-44(33-45)37-15-6-3-7-16-37)40-29-25-38(26-30-40)39-27-31-43(32-28-39)56-60-54(41-17-8-4-9-18-41)59-55(61-56)42-19-10-5-11-20-42/h3-36H,1-2H3. The Morgan fingerprint density at radius 3 is 1.36 bits per heavy atom. The Balaban J connectivity index is 0.984. The van der Waals surface area contributed by atoms with Crippen molar-refractivity contribution in [3.05, 3.63) is 217 Å². The molecule has 1 aliphatic rings. The van der Waals surface area contributed by atoms with Crippen LogP contribution >= 0.6 is 0 Å². The molecule has 0 spiro atoms. The summed E-state index contributed by atoms with van der Waals surface area (Å²) in [6, 6.07) is 72.8. The number of pyridine rings is 1. The Morgan fingerprint density at radius 1 is 0.295 bits per heavy atom. The van der Waals surface area contributed by atoms with Gasteiger partial charge in [0.15, 0.2) is 17.5 Å². The zero-order valence-electron chi connectivity index (χ0n) is 33.9. The van der Waals surface area contributed by atoms with E-state index in [1.54, 1.807) is 0 Å². The Labute approximate surface area is 356 Å². The Hall–Kier alpha value is -7.82. The van der Waals surface area contributed by atoms with Gasteiger partial charge in [0.1, 0.15) is 0 Å². The monoisotopic (exact) mass is 780 g/mol. The number of hydrogen-bond acceptors (Lipinski definition) is 4. The van der Waals surface area contributed by atoms with Gasteiger partial charge in [-0.1, -0.05) is 196 Å². The van der Waals surface area contributed by atoms with Crippen LogP contribution in [0.5, 0.6) is 0 Å². The van der Waals surface area contributed by atoms with E-state index >= 15 is 0 Å². The normalized spacial score (nSPS) is 12.6. The summed E-state index contributed by atoms with van der Waals surface area (Å²) in [5, 5.41) is 1.15. The smallest absolute Gasteiger partial charge is 0.164 e. The summed E-state index contributed by atoms with van der Waals surface area (Å²) in [5.41, 5.74) is 17.9. The molecule has 10 aromatic rings. The maximum Gasteiger partial charge on any atom is 0.164 e. The lowest BCUT2D eigenvalue weighted by atomic mass is 9.82. The molecule has 0 unspecified atom stereocenters. The molecule has 0 radical (unpaired) electrons. The highest BCUT2D eigenvalue weighted by molar-refractivity contribution is 6.02. The van der Waals surface area contributed by atoms with Crippen LogP contribution in [0.25, 0.3) is 101 Å². The summed E-state index contributed by atoms with van der Waals surface area (Å²) in [4.78, 5) is 20.1. The average Bonchev–Trinajstić information content (AvgIpc) is 3.56. The van der Waals surface area contributed by atoms with E-state index in [0.717, 1.165) is 61.1 Å². The van der Waals surface area contributed by atoms with E-state index < -0.39 is 0 Å². The Bertz CT molecular complexity index is 3170. The van der Waals surface area contributed by atoms with Crippen LogP contribution in [0.3, 0.4) is 0 Å². The molecular weight excluding hydrogens is 741 g/mol. The van der Waals surface area contributed by atoms with Crippen LogP contribution in [-0.2, 0) is 5.41 Å². The van der Waals surface area contributed by atoms with Crippen LogP contribution in [0.4, 0.5) is 0 Å². The summed E-state index contributed by atoms with van der Waals surface area (Å²) < 4.78 is 0. The fourth-order valence-corrected chi connectivity index (χ4v) is 8.89. The zero-order valence-corrected chi connectivity index (χ0v) is 33.9. The fraction of sp³-hybridized carbons (Fsp3) is 0.0526. The molecule has 8 aromatic carbocycles. The minimum Gasteiger partial charge on any atom is -0.248 e. The highest BCUT2D eigenvalue weighted by atomic mass is 15.0. The van der Waals surface area contributed by atoms with Gasteiger partial charge in [-0.15, -0.1) is 0 Å². The quantitative estimate of drug-likeness (QED) is 0.162. The van der Waals surface area contributed by atoms with Crippen molar-refractivity contribution in [2.75, 3.05) is 0 Å². The molecule has 1 aliphatic carbocycles. The molecule has 0 saturated carbocycles. The van der Waals surface area contributed by atoms with Crippen molar-refractivity contribution in [3.8, 4) is 89.9 Å². The second-order valence-electron chi connectivity index (χ2n) is 16.3. The molecule has 11 rings (SSSR count). The van der Waals surface area contributed by atoms with Crippen molar-refractivity contribution >= 4 is 10.9 Å². The molecule has 0 aliphatic heterocycles. The van der Waals surface area contributed by atoms with Gasteiger partial charge in [-0.3, -0.25) is 0 Å². The van der Waals surface area contributed by atoms with Gasteiger partial charge in [0.2, 0.25) is 0 Å². The van der Waals surface area contributed by atoms with Crippen LogP contribution in [0, 0.1) is 0 Å². The predicted molar refractivity (Wildman–Crippen MR) is 251 cm³/mol. The first-order valence-electron chi connectivity index (χ1n) is 20.8. The Kier molecular flexibility index (Phi) is 8.79. The number of fused-ring (bicyclic) bond motifs is 4. The summed E-state index contributed by atoms with van der Waals surface area (Å²) in [6.07, 6.45) is 0. The molecule has 0 saturated heterocycles. The summed E-state index contributed by atoms with van der Waals surface area (Å²) in [7, 11) is 0. The molecule has 2 heterocycles. The molecule has 0 fully saturated rings. The first-order chi connectivity index (χ1) is 30.0. The molecule has 61 heavy (non-hydrogen) atoms. The van der Waals surface area contributed by atoms with Crippen LogP contribution < -0.4 is 0 Å². The van der Waals surface area contributed by atoms with Gasteiger partial charge in [0, 0.05) is 33.1 Å². The molecule has 2 aromatic heterocycles. The lowest BCUT2D eigenvalue weighted by Gasteiger charge is -2.22. The third-order valence-corrected chi connectivity index (χ3v) is 12.1. The zero-order chi connectivity index (χ0) is 40.9. The first-order valence-corrected chi connectivity index (χ1v) is 20.8. The molecule has 0 atom stereocenters. The third kappa shape index (κ3) is 6.59. The minimum absolute atomic E-state index is 0.125. The molecule has 0 N–H and O–H groups in total.